The quantitative estimate of drug-likeness (QED) is 0.647. The maximum Gasteiger partial charge on any atom is 0.337 e. The van der Waals surface area contributed by atoms with E-state index in [4.69, 9.17) is 0 Å². The molecular weight excluding hydrogens is 368 g/mol. The first-order valence-electron chi connectivity index (χ1n) is 8.14. The molecule has 0 bridgehead atoms. The Morgan fingerprint density at radius 3 is 2.50 bits per heavy atom. The summed E-state index contributed by atoms with van der Waals surface area (Å²) in [5.74, 6) is -2.62. The van der Waals surface area contributed by atoms with Gasteiger partial charge in [0.25, 0.3) is 5.91 Å². The van der Waals surface area contributed by atoms with E-state index in [1.165, 1.54) is 37.6 Å². The molecule has 3 rings (SSSR count). The summed E-state index contributed by atoms with van der Waals surface area (Å²) in [5.41, 5.74) is 1.29. The van der Waals surface area contributed by atoms with E-state index in [0.717, 1.165) is 12.1 Å². The number of hydrogen-bond donors (Lipinski definition) is 2. The Hall–Kier alpha value is -3.81. The lowest BCUT2D eigenvalue weighted by Gasteiger charge is -2.09. The fourth-order valence-corrected chi connectivity index (χ4v) is 2.41. The summed E-state index contributed by atoms with van der Waals surface area (Å²) < 4.78 is 31.0. The molecule has 0 saturated carbocycles. The molecule has 8 heteroatoms. The summed E-state index contributed by atoms with van der Waals surface area (Å²) in [6.07, 6.45) is 1.40. The number of ether oxygens (including phenoxy) is 1. The normalized spacial score (nSPS) is 10.2. The van der Waals surface area contributed by atoms with Gasteiger partial charge in [-0.2, -0.15) is 0 Å². The molecule has 0 aliphatic carbocycles. The van der Waals surface area contributed by atoms with E-state index >= 15 is 0 Å². The molecule has 2 N–H and O–H groups in total. The molecule has 0 atom stereocenters. The lowest BCUT2D eigenvalue weighted by Crippen LogP contribution is -2.13. The van der Waals surface area contributed by atoms with Crippen molar-refractivity contribution in [2.45, 2.75) is 0 Å². The SMILES string of the molecule is COC(=O)c1cccc(NC(=O)c2ccnc(Nc3ccc(F)c(F)c3)c2)c1. The highest BCUT2D eigenvalue weighted by Crippen LogP contribution is 2.19. The number of benzene rings is 2. The van der Waals surface area contributed by atoms with Crippen molar-refractivity contribution in [1.29, 1.82) is 0 Å². The van der Waals surface area contributed by atoms with Crippen LogP contribution in [0.25, 0.3) is 0 Å². The minimum absolute atomic E-state index is 0.280. The summed E-state index contributed by atoms with van der Waals surface area (Å²) >= 11 is 0. The number of pyridine rings is 1. The van der Waals surface area contributed by atoms with Crippen molar-refractivity contribution in [1.82, 2.24) is 4.98 Å². The van der Waals surface area contributed by atoms with Gasteiger partial charge in [-0.3, -0.25) is 4.79 Å². The average Bonchev–Trinajstić information content (AvgIpc) is 2.70. The van der Waals surface area contributed by atoms with E-state index in [9.17, 15) is 18.4 Å². The van der Waals surface area contributed by atoms with Crippen molar-refractivity contribution in [3.8, 4) is 0 Å². The molecule has 2 aromatic carbocycles. The minimum Gasteiger partial charge on any atom is -0.465 e. The molecule has 1 aromatic heterocycles. The van der Waals surface area contributed by atoms with Crippen molar-refractivity contribution < 1.29 is 23.1 Å². The number of anilines is 3. The zero-order chi connectivity index (χ0) is 20.1. The molecule has 1 amide bonds. The van der Waals surface area contributed by atoms with Gasteiger partial charge < -0.3 is 15.4 Å². The Kier molecular flexibility index (Phi) is 5.59. The molecule has 28 heavy (non-hydrogen) atoms. The molecule has 0 saturated heterocycles. The van der Waals surface area contributed by atoms with Gasteiger partial charge in [0.15, 0.2) is 11.6 Å². The molecule has 142 valence electrons. The molecule has 3 aromatic rings. The van der Waals surface area contributed by atoms with Gasteiger partial charge in [-0.05, 0) is 42.5 Å². The third kappa shape index (κ3) is 4.47. The van der Waals surface area contributed by atoms with Crippen LogP contribution in [-0.4, -0.2) is 24.0 Å². The van der Waals surface area contributed by atoms with E-state index in [1.807, 2.05) is 0 Å². The maximum absolute atomic E-state index is 13.3. The highest BCUT2D eigenvalue weighted by Gasteiger charge is 2.11. The van der Waals surface area contributed by atoms with Crippen LogP contribution in [0.5, 0.6) is 0 Å². The molecule has 0 aliphatic rings. The summed E-state index contributed by atoms with van der Waals surface area (Å²) in [5, 5.41) is 5.48. The molecule has 1 heterocycles. The van der Waals surface area contributed by atoms with Gasteiger partial charge in [0.05, 0.1) is 12.7 Å². The summed E-state index contributed by atoms with van der Waals surface area (Å²) in [4.78, 5) is 28.1. The Labute approximate surface area is 159 Å². The van der Waals surface area contributed by atoms with Gasteiger partial charge in [0.2, 0.25) is 0 Å². The number of hydrogen-bond acceptors (Lipinski definition) is 5. The van der Waals surface area contributed by atoms with Gasteiger partial charge in [-0.25, -0.2) is 18.6 Å². The molecular formula is C20H15F2N3O3. The van der Waals surface area contributed by atoms with Crippen LogP contribution in [0.2, 0.25) is 0 Å². The number of amides is 1. The van der Waals surface area contributed by atoms with Gasteiger partial charge in [0, 0.05) is 29.2 Å². The van der Waals surface area contributed by atoms with E-state index in [2.05, 4.69) is 20.4 Å². The molecule has 0 unspecified atom stereocenters. The number of nitrogens with one attached hydrogen (secondary N) is 2. The molecule has 0 fully saturated rings. The van der Waals surface area contributed by atoms with E-state index in [0.29, 0.717) is 11.3 Å². The number of carbonyl (C=O) groups excluding carboxylic acids is 2. The topological polar surface area (TPSA) is 80.3 Å². The maximum atomic E-state index is 13.3. The van der Waals surface area contributed by atoms with Gasteiger partial charge in [-0.1, -0.05) is 6.07 Å². The highest BCUT2D eigenvalue weighted by molar-refractivity contribution is 6.05. The van der Waals surface area contributed by atoms with Crippen LogP contribution < -0.4 is 10.6 Å². The number of methoxy groups -OCH3 is 1. The number of esters is 1. The number of aromatic nitrogens is 1. The van der Waals surface area contributed by atoms with Crippen molar-refractivity contribution >= 4 is 29.1 Å². The van der Waals surface area contributed by atoms with Crippen molar-refractivity contribution in [3.63, 3.8) is 0 Å². The first-order valence-corrected chi connectivity index (χ1v) is 8.14. The Morgan fingerprint density at radius 1 is 0.929 bits per heavy atom. The predicted molar refractivity (Wildman–Crippen MR) is 99.6 cm³/mol. The first-order chi connectivity index (χ1) is 13.5. The Morgan fingerprint density at radius 2 is 1.75 bits per heavy atom. The second kappa shape index (κ2) is 8.26. The monoisotopic (exact) mass is 383 g/mol. The smallest absolute Gasteiger partial charge is 0.337 e. The van der Waals surface area contributed by atoms with Crippen molar-refractivity contribution in [2.75, 3.05) is 17.7 Å². The summed E-state index contributed by atoms with van der Waals surface area (Å²) in [6, 6.07) is 12.6. The van der Waals surface area contributed by atoms with E-state index in [-0.39, 0.29) is 17.1 Å². The van der Waals surface area contributed by atoms with Gasteiger partial charge in [0.1, 0.15) is 5.82 Å². The van der Waals surface area contributed by atoms with Crippen LogP contribution in [-0.2, 0) is 4.74 Å². The average molecular weight is 383 g/mol. The van der Waals surface area contributed by atoms with Crippen LogP contribution in [0, 0.1) is 11.6 Å². The second-order valence-electron chi connectivity index (χ2n) is 5.71. The zero-order valence-corrected chi connectivity index (χ0v) is 14.7. The van der Waals surface area contributed by atoms with Crippen molar-refractivity contribution in [3.05, 3.63) is 83.6 Å². The van der Waals surface area contributed by atoms with Gasteiger partial charge >= 0.3 is 5.97 Å². The molecule has 0 radical (unpaired) electrons. The number of carbonyl (C=O) groups is 2. The predicted octanol–water partition coefficient (Wildman–Crippen LogP) is 4.14. The van der Waals surface area contributed by atoms with Crippen LogP contribution in [0.3, 0.4) is 0 Å². The van der Waals surface area contributed by atoms with Crippen LogP contribution >= 0.6 is 0 Å². The standard InChI is InChI=1S/C20H15F2N3O3/c1-28-20(27)13-3-2-4-14(9-13)25-19(26)12-7-8-23-18(10-12)24-15-5-6-16(21)17(22)11-15/h2-11H,1H3,(H,23,24)(H,25,26). The van der Waals surface area contributed by atoms with E-state index < -0.39 is 23.5 Å². The number of rotatable bonds is 5. The number of halogens is 2. The largest absolute Gasteiger partial charge is 0.465 e. The van der Waals surface area contributed by atoms with E-state index in [1.54, 1.807) is 18.2 Å². The zero-order valence-electron chi connectivity index (χ0n) is 14.7. The van der Waals surface area contributed by atoms with Crippen LogP contribution in [0.15, 0.2) is 60.8 Å². The fraction of sp³-hybridized carbons (Fsp3) is 0.0500. The van der Waals surface area contributed by atoms with Crippen molar-refractivity contribution in [2.24, 2.45) is 0 Å². The fourth-order valence-electron chi connectivity index (χ4n) is 2.41. The van der Waals surface area contributed by atoms with Gasteiger partial charge in [-0.15, -0.1) is 0 Å². The molecule has 6 nitrogen and oxygen atoms in total. The second-order valence-corrected chi connectivity index (χ2v) is 5.71. The minimum atomic E-state index is -0.996. The third-order valence-electron chi connectivity index (χ3n) is 3.76. The first kappa shape index (κ1) is 19.0. The molecule has 0 aliphatic heterocycles. The Bertz CT molecular complexity index is 1040. The molecule has 0 spiro atoms. The number of nitrogens with zero attached hydrogens (tertiary/aromatic N) is 1. The highest BCUT2D eigenvalue weighted by atomic mass is 19.2. The van der Waals surface area contributed by atoms with Crippen LogP contribution in [0.4, 0.5) is 26.0 Å². The summed E-state index contributed by atoms with van der Waals surface area (Å²) in [6.45, 7) is 0. The summed E-state index contributed by atoms with van der Waals surface area (Å²) in [7, 11) is 1.27. The van der Waals surface area contributed by atoms with Crippen LogP contribution in [0.1, 0.15) is 20.7 Å². The lowest BCUT2D eigenvalue weighted by atomic mass is 10.2. The lowest BCUT2D eigenvalue weighted by molar-refractivity contribution is 0.0600. The Balaban J connectivity index is 1.75. The third-order valence-corrected chi connectivity index (χ3v) is 3.76.